The first-order valence-corrected chi connectivity index (χ1v) is 11.9. The molecule has 2 rings (SSSR count). The minimum atomic E-state index is -4.64. The number of hydrogen-bond acceptors (Lipinski definition) is 9. The van der Waals surface area contributed by atoms with Gasteiger partial charge in [-0.3, -0.25) is 4.57 Å². The van der Waals surface area contributed by atoms with Crippen LogP contribution in [-0.2, 0) is 18.4 Å². The van der Waals surface area contributed by atoms with Crippen molar-refractivity contribution in [1.29, 1.82) is 0 Å². The van der Waals surface area contributed by atoms with Gasteiger partial charge in [-0.1, -0.05) is 0 Å². The standard InChI is InChI=1S/C9H13N3O4.3H3O4P/c1-4-6(13)7(14)8(16-4)12-3-2-5(10)11-9(12)15;3*1-5(2,3)4/h2-4,6-8,13-14H,1H3,(H2,10,11,15);3*(H3,1,2,3,4)/t4-,6-,7-,8-;;;/m1.../s1. The van der Waals surface area contributed by atoms with Gasteiger partial charge in [-0.15, -0.1) is 0 Å². The molecule has 0 bridgehead atoms. The highest BCUT2D eigenvalue weighted by Crippen LogP contribution is 2.28. The van der Waals surface area contributed by atoms with E-state index in [1.54, 1.807) is 6.92 Å². The lowest BCUT2D eigenvalue weighted by Crippen LogP contribution is -2.35. The number of aliphatic hydroxyl groups excluding tert-OH is 2. The fourth-order valence-corrected chi connectivity index (χ4v) is 1.68. The number of hydrogen-bond donors (Lipinski definition) is 12. The molecule has 1 fully saturated rings. The smallest absolute Gasteiger partial charge is 0.388 e. The summed E-state index contributed by atoms with van der Waals surface area (Å²) in [7, 11) is -13.9. The molecule has 1 aromatic rings. The lowest BCUT2D eigenvalue weighted by molar-refractivity contribution is -0.0349. The van der Waals surface area contributed by atoms with Crippen LogP contribution in [0.3, 0.4) is 0 Å². The average Bonchev–Trinajstić information content (AvgIpc) is 2.70. The summed E-state index contributed by atoms with van der Waals surface area (Å²) in [6.07, 6.45) is -2.26. The van der Waals surface area contributed by atoms with E-state index in [1.165, 1.54) is 12.3 Å². The molecule has 2 heterocycles. The molecule has 22 heteroatoms. The molecular weight excluding hydrogens is 499 g/mol. The van der Waals surface area contributed by atoms with Crippen molar-refractivity contribution in [3.05, 3.63) is 22.7 Å². The monoisotopic (exact) mass is 521 g/mol. The molecule has 31 heavy (non-hydrogen) atoms. The van der Waals surface area contributed by atoms with E-state index in [-0.39, 0.29) is 5.82 Å². The minimum Gasteiger partial charge on any atom is -0.388 e. The summed E-state index contributed by atoms with van der Waals surface area (Å²) in [6, 6.07) is 1.42. The van der Waals surface area contributed by atoms with Crippen molar-refractivity contribution >= 4 is 29.3 Å². The Bertz CT molecular complexity index is 802. The van der Waals surface area contributed by atoms with Gasteiger partial charge >= 0.3 is 29.2 Å². The Kier molecular flexibility index (Phi) is 13.2. The van der Waals surface area contributed by atoms with Crippen LogP contribution in [-0.4, -0.2) is 82.1 Å². The van der Waals surface area contributed by atoms with Gasteiger partial charge in [0.15, 0.2) is 6.23 Å². The van der Waals surface area contributed by atoms with E-state index in [0.29, 0.717) is 0 Å². The zero-order chi connectivity index (χ0) is 25.4. The SMILES string of the molecule is C[C@H]1O[C@@H](n2ccc(N)nc2=O)[C@H](O)[C@@H]1O.O=P(O)(O)O.O=P(O)(O)O.O=P(O)(O)O. The quantitative estimate of drug-likeness (QED) is 0.155. The number of rotatable bonds is 1. The molecule has 0 aromatic carbocycles. The molecule has 0 saturated carbocycles. The van der Waals surface area contributed by atoms with Crippen LogP contribution in [0.1, 0.15) is 13.2 Å². The van der Waals surface area contributed by atoms with Crippen LogP contribution < -0.4 is 11.4 Å². The normalized spacial score (nSPS) is 23.4. The lowest BCUT2D eigenvalue weighted by Gasteiger charge is -2.16. The van der Waals surface area contributed by atoms with Crippen molar-refractivity contribution in [3.8, 4) is 0 Å². The number of nitrogen functional groups attached to an aromatic ring is 1. The Labute approximate surface area is 172 Å². The number of nitrogens with zero attached hydrogens (tertiary/aromatic N) is 2. The summed E-state index contributed by atoms with van der Waals surface area (Å²) >= 11 is 0. The van der Waals surface area contributed by atoms with Gasteiger partial charge in [0.1, 0.15) is 18.0 Å². The predicted octanol–water partition coefficient (Wildman–Crippen LogP) is -4.32. The highest BCUT2D eigenvalue weighted by Gasteiger charge is 2.41. The van der Waals surface area contributed by atoms with Gasteiger partial charge in [-0.25, -0.2) is 18.5 Å². The maximum absolute atomic E-state index is 11.5. The molecule has 0 amide bonds. The van der Waals surface area contributed by atoms with Crippen molar-refractivity contribution in [3.63, 3.8) is 0 Å². The fraction of sp³-hybridized carbons (Fsp3) is 0.556. The maximum Gasteiger partial charge on any atom is 0.466 e. The van der Waals surface area contributed by atoms with Gasteiger partial charge in [-0.05, 0) is 13.0 Å². The lowest BCUT2D eigenvalue weighted by atomic mass is 10.1. The average molecular weight is 521 g/mol. The third kappa shape index (κ3) is 20.5. The first kappa shape index (κ1) is 32.1. The Balaban J connectivity index is 0. The second-order valence-corrected chi connectivity index (χ2v) is 8.37. The van der Waals surface area contributed by atoms with E-state index in [9.17, 15) is 15.0 Å². The van der Waals surface area contributed by atoms with Crippen molar-refractivity contribution in [2.24, 2.45) is 0 Å². The van der Waals surface area contributed by atoms with Gasteiger partial charge < -0.3 is 64.7 Å². The van der Waals surface area contributed by atoms with Crippen LogP contribution in [0.2, 0.25) is 0 Å². The summed E-state index contributed by atoms with van der Waals surface area (Å²) in [6.45, 7) is 1.61. The number of phosphoric acid groups is 3. The van der Waals surface area contributed by atoms with Crippen molar-refractivity contribution in [1.82, 2.24) is 9.55 Å². The molecule has 19 nitrogen and oxygen atoms in total. The van der Waals surface area contributed by atoms with E-state index in [2.05, 4.69) is 4.98 Å². The summed E-state index contributed by atoms with van der Waals surface area (Å²) in [5, 5.41) is 19.2. The van der Waals surface area contributed by atoms with E-state index < -0.39 is 53.7 Å². The molecule has 0 aliphatic carbocycles. The second-order valence-electron chi connectivity index (χ2n) is 5.30. The molecule has 1 aromatic heterocycles. The molecular formula is C9H22N3O16P3. The third-order valence-corrected chi connectivity index (χ3v) is 2.60. The number of ether oxygens (including phenoxy) is 1. The predicted molar refractivity (Wildman–Crippen MR) is 97.3 cm³/mol. The van der Waals surface area contributed by atoms with E-state index in [1.807, 2.05) is 0 Å². The largest absolute Gasteiger partial charge is 0.466 e. The number of anilines is 1. The minimum absolute atomic E-state index is 0.0994. The van der Waals surface area contributed by atoms with Crippen LogP contribution >= 0.6 is 23.5 Å². The Morgan fingerprint density at radius 3 is 1.52 bits per heavy atom. The van der Waals surface area contributed by atoms with E-state index >= 15 is 0 Å². The zero-order valence-corrected chi connectivity index (χ0v) is 17.9. The van der Waals surface area contributed by atoms with Crippen LogP contribution in [0, 0.1) is 0 Å². The van der Waals surface area contributed by atoms with E-state index in [4.69, 9.17) is 68.2 Å². The number of aliphatic hydroxyl groups is 2. The second kappa shape index (κ2) is 12.8. The molecule has 184 valence electrons. The molecule has 0 radical (unpaired) electrons. The van der Waals surface area contributed by atoms with Crippen molar-refractivity contribution in [2.45, 2.75) is 31.5 Å². The highest BCUT2D eigenvalue weighted by atomic mass is 31.2. The van der Waals surface area contributed by atoms with Crippen LogP contribution in [0.25, 0.3) is 0 Å². The zero-order valence-electron chi connectivity index (χ0n) is 15.2. The van der Waals surface area contributed by atoms with Gasteiger partial charge in [0.05, 0.1) is 6.10 Å². The van der Waals surface area contributed by atoms with E-state index in [0.717, 1.165) is 4.57 Å². The topological polar surface area (TPSA) is 344 Å². The van der Waals surface area contributed by atoms with Gasteiger partial charge in [0.25, 0.3) is 0 Å². The van der Waals surface area contributed by atoms with Crippen molar-refractivity contribution in [2.75, 3.05) is 5.73 Å². The first-order chi connectivity index (χ1) is 13.5. The number of nitrogens with two attached hydrogens (primary N) is 1. The highest BCUT2D eigenvalue weighted by molar-refractivity contribution is 7.45. The van der Waals surface area contributed by atoms with Gasteiger partial charge in [0, 0.05) is 6.20 Å². The maximum atomic E-state index is 11.5. The Morgan fingerprint density at radius 1 is 0.903 bits per heavy atom. The summed E-state index contributed by atoms with van der Waals surface area (Å²) in [5.74, 6) is 0.0994. The molecule has 1 aliphatic heterocycles. The van der Waals surface area contributed by atoms with Crippen LogP contribution in [0.15, 0.2) is 17.1 Å². The van der Waals surface area contributed by atoms with Gasteiger partial charge in [-0.2, -0.15) is 4.98 Å². The molecule has 4 atom stereocenters. The third-order valence-electron chi connectivity index (χ3n) is 2.60. The molecule has 1 aliphatic rings. The molecule has 0 spiro atoms. The van der Waals surface area contributed by atoms with Crippen LogP contribution in [0.4, 0.5) is 5.82 Å². The Hall–Kier alpha value is -1.11. The molecule has 1 saturated heterocycles. The first-order valence-electron chi connectivity index (χ1n) is 7.21. The molecule has 13 N–H and O–H groups in total. The summed E-state index contributed by atoms with van der Waals surface area (Å²) in [4.78, 5) is 79.7. The summed E-state index contributed by atoms with van der Waals surface area (Å²) < 4.78 is 33.0. The fourth-order valence-electron chi connectivity index (χ4n) is 1.68. The van der Waals surface area contributed by atoms with Crippen molar-refractivity contribution < 1.29 is 72.7 Å². The molecule has 0 unspecified atom stereocenters. The summed E-state index contributed by atoms with van der Waals surface area (Å²) in [5.41, 5.74) is 4.72. The number of aromatic nitrogens is 2. The van der Waals surface area contributed by atoms with Crippen LogP contribution in [0.5, 0.6) is 0 Å². The van der Waals surface area contributed by atoms with Gasteiger partial charge in [0.2, 0.25) is 0 Å². The Morgan fingerprint density at radius 2 is 1.26 bits per heavy atom.